The average molecular weight is 439 g/mol. The van der Waals surface area contributed by atoms with Crippen LogP contribution in [0.1, 0.15) is 24.5 Å². The number of rotatable bonds is 6. The number of ether oxygens (including phenoxy) is 1. The summed E-state index contributed by atoms with van der Waals surface area (Å²) in [5.41, 5.74) is -0.724. The van der Waals surface area contributed by atoms with Gasteiger partial charge in [0.05, 0.1) is 19.2 Å². The molecule has 0 aliphatic carbocycles. The van der Waals surface area contributed by atoms with Crippen LogP contribution in [0.3, 0.4) is 0 Å². The first-order valence-corrected chi connectivity index (χ1v) is 9.96. The number of halogens is 4. The van der Waals surface area contributed by atoms with Crippen molar-refractivity contribution >= 4 is 11.8 Å². The number of guanidine groups is 1. The van der Waals surface area contributed by atoms with E-state index in [2.05, 4.69) is 20.6 Å². The molecule has 6 nitrogen and oxygen atoms in total. The van der Waals surface area contributed by atoms with Gasteiger partial charge in [0.15, 0.2) is 17.6 Å². The number of methoxy groups -OCH3 is 1. The molecule has 2 N–H and O–H groups in total. The summed E-state index contributed by atoms with van der Waals surface area (Å²) in [4.78, 5) is 10.3. The van der Waals surface area contributed by atoms with Crippen molar-refractivity contribution in [3.8, 4) is 5.75 Å². The van der Waals surface area contributed by atoms with Gasteiger partial charge < -0.3 is 20.3 Å². The molecule has 2 heterocycles. The third kappa shape index (κ3) is 5.77. The molecule has 1 fully saturated rings. The Balaban J connectivity index is 1.71. The summed E-state index contributed by atoms with van der Waals surface area (Å²) < 4.78 is 59.2. The molecule has 0 saturated carbocycles. The van der Waals surface area contributed by atoms with Crippen LogP contribution in [0.15, 0.2) is 41.5 Å². The monoisotopic (exact) mass is 439 g/mol. The van der Waals surface area contributed by atoms with Crippen LogP contribution in [0.25, 0.3) is 0 Å². The maximum Gasteiger partial charge on any atom is 0.416 e. The average Bonchev–Trinajstić information content (AvgIpc) is 3.20. The zero-order chi connectivity index (χ0) is 22.4. The van der Waals surface area contributed by atoms with Gasteiger partial charge in [-0.2, -0.15) is 13.2 Å². The largest absolute Gasteiger partial charge is 0.497 e. The standard InChI is InChI=1S/C21H25F4N5O/c1-3-26-20(28-12-14-6-7-16(31-2)11-17(14)21(23,24)25)29-15-8-10-30(13-15)19-18(22)5-4-9-27-19/h4-7,9,11,15H,3,8,10,12-13H2,1-2H3,(H2,26,28,29). The van der Waals surface area contributed by atoms with E-state index in [4.69, 9.17) is 4.74 Å². The van der Waals surface area contributed by atoms with E-state index in [9.17, 15) is 17.6 Å². The second kappa shape index (κ2) is 9.84. The van der Waals surface area contributed by atoms with Gasteiger partial charge in [-0.3, -0.25) is 0 Å². The third-order valence-electron chi connectivity index (χ3n) is 4.94. The van der Waals surface area contributed by atoms with Crippen molar-refractivity contribution in [3.05, 3.63) is 53.5 Å². The van der Waals surface area contributed by atoms with Crippen molar-refractivity contribution in [2.24, 2.45) is 4.99 Å². The van der Waals surface area contributed by atoms with Crippen LogP contribution in [0.2, 0.25) is 0 Å². The van der Waals surface area contributed by atoms with Crippen LogP contribution in [0.5, 0.6) is 5.75 Å². The number of hydrogen-bond donors (Lipinski definition) is 2. The first-order chi connectivity index (χ1) is 14.8. The van der Waals surface area contributed by atoms with Crippen molar-refractivity contribution < 1.29 is 22.3 Å². The Morgan fingerprint density at radius 1 is 1.32 bits per heavy atom. The minimum atomic E-state index is -4.51. The predicted octanol–water partition coefficient (Wildman–Crippen LogP) is 3.58. The number of benzene rings is 1. The number of anilines is 1. The van der Waals surface area contributed by atoms with E-state index in [1.165, 1.54) is 37.6 Å². The van der Waals surface area contributed by atoms with Gasteiger partial charge in [0.1, 0.15) is 5.75 Å². The quantitative estimate of drug-likeness (QED) is 0.409. The van der Waals surface area contributed by atoms with Crippen molar-refractivity contribution in [2.45, 2.75) is 32.1 Å². The van der Waals surface area contributed by atoms with Crippen LogP contribution in [0, 0.1) is 5.82 Å². The smallest absolute Gasteiger partial charge is 0.416 e. The maximum atomic E-state index is 14.0. The molecule has 0 amide bonds. The van der Waals surface area contributed by atoms with Crippen molar-refractivity contribution in [1.82, 2.24) is 15.6 Å². The van der Waals surface area contributed by atoms with Gasteiger partial charge in [0.2, 0.25) is 0 Å². The molecule has 1 aromatic carbocycles. The van der Waals surface area contributed by atoms with Crippen LogP contribution in [-0.2, 0) is 12.7 Å². The summed E-state index contributed by atoms with van der Waals surface area (Å²) in [6.45, 7) is 3.39. The molecular formula is C21H25F4N5O. The number of pyridine rings is 1. The van der Waals surface area contributed by atoms with Crippen LogP contribution in [-0.4, -0.2) is 43.7 Å². The second-order valence-corrected chi connectivity index (χ2v) is 7.10. The normalized spacial score (nSPS) is 17.0. The molecule has 1 atom stereocenters. The highest BCUT2D eigenvalue weighted by molar-refractivity contribution is 5.80. The molecular weight excluding hydrogens is 414 g/mol. The fraction of sp³-hybridized carbons (Fsp3) is 0.429. The number of alkyl halides is 3. The van der Waals surface area contributed by atoms with E-state index in [1.807, 2.05) is 11.8 Å². The summed E-state index contributed by atoms with van der Waals surface area (Å²) in [6, 6.07) is 6.68. The molecule has 31 heavy (non-hydrogen) atoms. The summed E-state index contributed by atoms with van der Waals surface area (Å²) in [7, 11) is 1.32. The Morgan fingerprint density at radius 3 is 2.81 bits per heavy atom. The van der Waals surface area contributed by atoms with Gasteiger partial charge in [-0.1, -0.05) is 6.07 Å². The molecule has 0 bridgehead atoms. The van der Waals surface area contributed by atoms with Gasteiger partial charge in [-0.05, 0) is 43.2 Å². The number of hydrogen-bond acceptors (Lipinski definition) is 4. The SMILES string of the molecule is CCNC(=NCc1ccc(OC)cc1C(F)(F)F)NC1CCN(c2ncccc2F)C1. The van der Waals surface area contributed by atoms with Crippen LogP contribution < -0.4 is 20.3 Å². The summed E-state index contributed by atoms with van der Waals surface area (Å²) >= 11 is 0. The molecule has 0 spiro atoms. The molecule has 2 aromatic rings. The Labute approximate surface area is 178 Å². The number of aromatic nitrogens is 1. The van der Waals surface area contributed by atoms with Gasteiger partial charge in [0.25, 0.3) is 0 Å². The fourth-order valence-electron chi connectivity index (χ4n) is 3.44. The Hall–Kier alpha value is -3.04. The first kappa shape index (κ1) is 22.6. The van der Waals surface area contributed by atoms with Crippen molar-refractivity contribution in [3.63, 3.8) is 0 Å². The van der Waals surface area contributed by atoms with Gasteiger partial charge in [-0.25, -0.2) is 14.4 Å². The van der Waals surface area contributed by atoms with Crippen LogP contribution >= 0.6 is 0 Å². The fourth-order valence-corrected chi connectivity index (χ4v) is 3.44. The molecule has 1 unspecified atom stereocenters. The molecule has 1 saturated heterocycles. The van der Waals surface area contributed by atoms with Crippen molar-refractivity contribution in [2.75, 3.05) is 31.6 Å². The molecule has 1 aromatic heterocycles. The Morgan fingerprint density at radius 2 is 2.13 bits per heavy atom. The molecule has 3 rings (SSSR count). The topological polar surface area (TPSA) is 61.8 Å². The summed E-state index contributed by atoms with van der Waals surface area (Å²) in [6.07, 6.45) is -2.25. The number of nitrogens with one attached hydrogen (secondary N) is 2. The maximum absolute atomic E-state index is 14.0. The van der Waals surface area contributed by atoms with Gasteiger partial charge >= 0.3 is 6.18 Å². The number of aliphatic imine (C=N–C) groups is 1. The second-order valence-electron chi connectivity index (χ2n) is 7.10. The first-order valence-electron chi connectivity index (χ1n) is 9.96. The lowest BCUT2D eigenvalue weighted by atomic mass is 10.1. The summed E-state index contributed by atoms with van der Waals surface area (Å²) in [5, 5.41) is 6.28. The minimum Gasteiger partial charge on any atom is -0.497 e. The summed E-state index contributed by atoms with van der Waals surface area (Å²) in [5.74, 6) is 0.447. The highest BCUT2D eigenvalue weighted by Crippen LogP contribution is 2.34. The Bertz CT molecular complexity index is 919. The van der Waals surface area contributed by atoms with Crippen molar-refractivity contribution in [1.29, 1.82) is 0 Å². The van der Waals surface area contributed by atoms with E-state index in [1.54, 1.807) is 0 Å². The van der Waals surface area contributed by atoms with E-state index in [-0.39, 0.29) is 29.7 Å². The van der Waals surface area contributed by atoms with Gasteiger partial charge in [-0.15, -0.1) is 0 Å². The van der Waals surface area contributed by atoms with E-state index in [0.29, 0.717) is 31.4 Å². The molecule has 1 aliphatic rings. The lowest BCUT2D eigenvalue weighted by Gasteiger charge is -2.20. The minimum absolute atomic E-state index is 0.0443. The van der Waals surface area contributed by atoms with Crippen LogP contribution in [0.4, 0.5) is 23.4 Å². The van der Waals surface area contributed by atoms with E-state index in [0.717, 1.165) is 12.5 Å². The van der Waals surface area contributed by atoms with E-state index < -0.39 is 11.7 Å². The zero-order valence-electron chi connectivity index (χ0n) is 17.3. The predicted molar refractivity (Wildman–Crippen MR) is 111 cm³/mol. The highest BCUT2D eigenvalue weighted by atomic mass is 19.4. The lowest BCUT2D eigenvalue weighted by molar-refractivity contribution is -0.138. The Kier molecular flexibility index (Phi) is 7.19. The molecule has 10 heteroatoms. The molecule has 0 radical (unpaired) electrons. The molecule has 1 aliphatic heterocycles. The number of nitrogens with zero attached hydrogens (tertiary/aromatic N) is 3. The van der Waals surface area contributed by atoms with Gasteiger partial charge in [0, 0.05) is 31.9 Å². The van der Waals surface area contributed by atoms with E-state index >= 15 is 0 Å². The third-order valence-corrected chi connectivity index (χ3v) is 4.94. The molecule has 168 valence electrons. The zero-order valence-corrected chi connectivity index (χ0v) is 17.3. The lowest BCUT2D eigenvalue weighted by Crippen LogP contribution is -2.44. The highest BCUT2D eigenvalue weighted by Gasteiger charge is 2.34.